The Hall–Kier alpha value is -2.42. The molecule has 0 aliphatic heterocycles. The van der Waals surface area contributed by atoms with Crippen LogP contribution in [0, 0.1) is 5.92 Å². The largest absolute Gasteiger partial charge is 0.451 e. The number of urea groups is 1. The number of benzene rings is 1. The van der Waals surface area contributed by atoms with Crippen molar-refractivity contribution in [3.05, 3.63) is 34.3 Å². The topological polar surface area (TPSA) is 114 Å². The summed E-state index contributed by atoms with van der Waals surface area (Å²) in [5, 5.41) is 7.10. The first-order valence-corrected chi connectivity index (χ1v) is 9.31. The molecule has 1 aromatic rings. The third kappa shape index (κ3) is 7.01. The molecule has 0 aromatic heterocycles. The highest BCUT2D eigenvalue weighted by Crippen LogP contribution is 2.16. The van der Waals surface area contributed by atoms with Gasteiger partial charge in [0.15, 0.2) is 6.10 Å². The van der Waals surface area contributed by atoms with E-state index in [4.69, 9.17) is 4.74 Å². The van der Waals surface area contributed by atoms with E-state index in [9.17, 15) is 19.2 Å². The number of rotatable bonds is 7. The van der Waals surface area contributed by atoms with E-state index in [2.05, 4.69) is 31.9 Å². The lowest BCUT2D eigenvalue weighted by atomic mass is 10.0. The van der Waals surface area contributed by atoms with Crippen LogP contribution in [-0.2, 0) is 14.3 Å². The minimum Gasteiger partial charge on any atom is -0.451 e. The SMILES string of the molecule is CCNC(=O)NC(=O)C(C)OC(=O)C(NC(=O)c1ccccc1Br)C(C)C. The molecule has 3 N–H and O–H groups in total. The van der Waals surface area contributed by atoms with Crippen molar-refractivity contribution in [2.75, 3.05) is 6.54 Å². The molecule has 0 fully saturated rings. The van der Waals surface area contributed by atoms with Gasteiger partial charge >= 0.3 is 12.0 Å². The van der Waals surface area contributed by atoms with Crippen molar-refractivity contribution in [2.45, 2.75) is 39.8 Å². The number of hydrogen-bond acceptors (Lipinski definition) is 5. The number of carbonyl (C=O) groups is 4. The predicted octanol–water partition coefficient (Wildman–Crippen LogP) is 1.98. The molecule has 0 aliphatic rings. The van der Waals surface area contributed by atoms with Crippen LogP contribution in [0.2, 0.25) is 0 Å². The fraction of sp³-hybridized carbons (Fsp3) is 0.444. The Balaban J connectivity index is 2.75. The van der Waals surface area contributed by atoms with Gasteiger partial charge in [-0.05, 0) is 47.8 Å². The van der Waals surface area contributed by atoms with Crippen LogP contribution in [0.4, 0.5) is 4.79 Å². The number of carbonyl (C=O) groups excluding carboxylic acids is 4. The second-order valence-electron chi connectivity index (χ2n) is 6.10. The van der Waals surface area contributed by atoms with Crippen LogP contribution in [0.5, 0.6) is 0 Å². The van der Waals surface area contributed by atoms with Crippen molar-refractivity contribution in [1.29, 1.82) is 0 Å². The molecule has 0 saturated heterocycles. The van der Waals surface area contributed by atoms with Gasteiger partial charge in [0.2, 0.25) is 0 Å². The molecule has 8 nitrogen and oxygen atoms in total. The van der Waals surface area contributed by atoms with Gasteiger partial charge in [-0.3, -0.25) is 14.9 Å². The molecule has 0 bridgehead atoms. The van der Waals surface area contributed by atoms with Crippen LogP contribution in [0.25, 0.3) is 0 Å². The Bertz CT molecular complexity index is 708. The summed E-state index contributed by atoms with van der Waals surface area (Å²) < 4.78 is 5.72. The standard InChI is InChI=1S/C18H24BrN3O5/c1-5-20-18(26)22-15(23)11(4)27-17(25)14(10(2)3)21-16(24)12-8-6-7-9-13(12)19/h6-11,14H,5H2,1-4H3,(H,21,24)(H2,20,22,23,26). The maximum Gasteiger partial charge on any atom is 0.329 e. The van der Waals surface area contributed by atoms with E-state index in [-0.39, 0.29) is 5.92 Å². The molecule has 2 atom stereocenters. The summed E-state index contributed by atoms with van der Waals surface area (Å²) in [5.74, 6) is -2.24. The highest BCUT2D eigenvalue weighted by Gasteiger charge is 2.30. The summed E-state index contributed by atoms with van der Waals surface area (Å²) >= 11 is 3.29. The molecule has 0 radical (unpaired) electrons. The molecule has 4 amide bonds. The van der Waals surface area contributed by atoms with Gasteiger partial charge in [-0.2, -0.15) is 0 Å². The Morgan fingerprint density at radius 2 is 1.74 bits per heavy atom. The quantitative estimate of drug-likeness (QED) is 0.559. The fourth-order valence-corrected chi connectivity index (χ4v) is 2.55. The first-order chi connectivity index (χ1) is 12.7. The zero-order valence-corrected chi connectivity index (χ0v) is 17.3. The van der Waals surface area contributed by atoms with Gasteiger partial charge in [0, 0.05) is 11.0 Å². The zero-order chi connectivity index (χ0) is 20.6. The summed E-state index contributed by atoms with van der Waals surface area (Å²) in [6.07, 6.45) is -1.19. The van der Waals surface area contributed by atoms with E-state index < -0.39 is 36.0 Å². The summed E-state index contributed by atoms with van der Waals surface area (Å²) in [5.41, 5.74) is 0.373. The van der Waals surface area contributed by atoms with Gasteiger partial charge in [0.1, 0.15) is 6.04 Å². The number of ether oxygens (including phenoxy) is 1. The molecular weight excluding hydrogens is 418 g/mol. The van der Waals surface area contributed by atoms with E-state index in [1.54, 1.807) is 45.0 Å². The summed E-state index contributed by atoms with van der Waals surface area (Å²) in [6.45, 7) is 6.88. The number of amides is 4. The van der Waals surface area contributed by atoms with Crippen molar-refractivity contribution < 1.29 is 23.9 Å². The molecule has 27 heavy (non-hydrogen) atoms. The Morgan fingerprint density at radius 1 is 1.11 bits per heavy atom. The Labute approximate surface area is 166 Å². The fourth-order valence-electron chi connectivity index (χ4n) is 2.08. The minimum absolute atomic E-state index is 0.275. The second kappa shape index (κ2) is 10.7. The van der Waals surface area contributed by atoms with Crippen LogP contribution < -0.4 is 16.0 Å². The predicted molar refractivity (Wildman–Crippen MR) is 103 cm³/mol. The van der Waals surface area contributed by atoms with E-state index >= 15 is 0 Å². The minimum atomic E-state index is -1.19. The van der Waals surface area contributed by atoms with Gasteiger partial charge in [0.25, 0.3) is 11.8 Å². The Kier molecular flexibility index (Phi) is 8.93. The van der Waals surface area contributed by atoms with E-state index in [1.807, 2.05) is 0 Å². The normalized spacial score (nSPS) is 12.7. The molecule has 0 aliphatic carbocycles. The Morgan fingerprint density at radius 3 is 2.30 bits per heavy atom. The van der Waals surface area contributed by atoms with Gasteiger partial charge in [-0.15, -0.1) is 0 Å². The van der Waals surface area contributed by atoms with Crippen molar-refractivity contribution in [3.63, 3.8) is 0 Å². The highest BCUT2D eigenvalue weighted by atomic mass is 79.9. The lowest BCUT2D eigenvalue weighted by molar-refractivity contribution is -0.157. The number of hydrogen-bond donors (Lipinski definition) is 3. The second-order valence-corrected chi connectivity index (χ2v) is 6.96. The maximum absolute atomic E-state index is 12.4. The van der Waals surface area contributed by atoms with Crippen molar-refractivity contribution >= 4 is 39.7 Å². The van der Waals surface area contributed by atoms with Crippen LogP contribution in [0.3, 0.4) is 0 Å². The monoisotopic (exact) mass is 441 g/mol. The average molecular weight is 442 g/mol. The van der Waals surface area contributed by atoms with Crippen molar-refractivity contribution in [1.82, 2.24) is 16.0 Å². The van der Waals surface area contributed by atoms with Crippen LogP contribution in [0.1, 0.15) is 38.1 Å². The van der Waals surface area contributed by atoms with Crippen LogP contribution >= 0.6 is 15.9 Å². The molecule has 0 heterocycles. The molecule has 2 unspecified atom stereocenters. The summed E-state index contributed by atoms with van der Waals surface area (Å²) in [4.78, 5) is 48.2. The first kappa shape index (κ1) is 22.6. The van der Waals surface area contributed by atoms with E-state index in [0.717, 1.165) is 0 Å². The smallest absolute Gasteiger partial charge is 0.329 e. The average Bonchev–Trinajstić information content (AvgIpc) is 2.59. The third-order valence-corrected chi connectivity index (χ3v) is 4.25. The lowest BCUT2D eigenvalue weighted by Crippen LogP contribution is -2.49. The summed E-state index contributed by atoms with van der Waals surface area (Å²) in [7, 11) is 0. The van der Waals surface area contributed by atoms with Crippen LogP contribution in [-0.4, -0.2) is 42.5 Å². The van der Waals surface area contributed by atoms with E-state index in [1.165, 1.54) is 6.92 Å². The zero-order valence-electron chi connectivity index (χ0n) is 15.7. The lowest BCUT2D eigenvalue weighted by Gasteiger charge is -2.23. The molecule has 1 aromatic carbocycles. The molecule has 1 rings (SSSR count). The van der Waals surface area contributed by atoms with Crippen molar-refractivity contribution in [3.8, 4) is 0 Å². The van der Waals surface area contributed by atoms with Crippen molar-refractivity contribution in [2.24, 2.45) is 5.92 Å². The number of nitrogens with one attached hydrogen (secondary N) is 3. The van der Waals surface area contributed by atoms with Crippen LogP contribution in [0.15, 0.2) is 28.7 Å². The molecule has 0 saturated carbocycles. The summed E-state index contributed by atoms with van der Waals surface area (Å²) in [6, 6.07) is 5.17. The number of halogens is 1. The molecular formula is C18H24BrN3O5. The number of esters is 1. The molecule has 0 spiro atoms. The third-order valence-electron chi connectivity index (χ3n) is 3.56. The first-order valence-electron chi connectivity index (χ1n) is 8.51. The molecule has 148 valence electrons. The highest BCUT2D eigenvalue weighted by molar-refractivity contribution is 9.10. The maximum atomic E-state index is 12.4. The van der Waals surface area contributed by atoms with E-state index in [0.29, 0.717) is 16.6 Å². The molecule has 9 heteroatoms. The van der Waals surface area contributed by atoms with Gasteiger partial charge in [0.05, 0.1) is 5.56 Å². The van der Waals surface area contributed by atoms with Gasteiger partial charge in [-0.1, -0.05) is 26.0 Å². The number of imide groups is 1. The van der Waals surface area contributed by atoms with Gasteiger partial charge < -0.3 is 15.4 Å². The van der Waals surface area contributed by atoms with Gasteiger partial charge in [-0.25, -0.2) is 9.59 Å².